The van der Waals surface area contributed by atoms with Crippen LogP contribution in [-0.4, -0.2) is 16.6 Å². The number of phenolic OH excluding ortho intramolecular Hbond substituents is 1. The van der Waals surface area contributed by atoms with Gasteiger partial charge in [0.25, 0.3) is 0 Å². The number of aromatic hydroxyl groups is 1. The molecule has 3 N–H and O–H groups in total. The van der Waals surface area contributed by atoms with E-state index in [4.69, 9.17) is 5.73 Å². The summed E-state index contributed by atoms with van der Waals surface area (Å²) in [6, 6.07) is 6.54. The zero-order chi connectivity index (χ0) is 12.3. The number of halogens is 3. The van der Waals surface area contributed by atoms with Gasteiger partial charge in [-0.05, 0) is 36.7 Å². The highest BCUT2D eigenvalue weighted by Gasteiger charge is 2.06. The van der Waals surface area contributed by atoms with Crippen LogP contribution in [0.5, 0.6) is 5.75 Å². The zero-order valence-electron chi connectivity index (χ0n) is 10.0. The minimum Gasteiger partial charge on any atom is -0.507 e. The van der Waals surface area contributed by atoms with Gasteiger partial charge in [-0.25, -0.2) is 4.39 Å². The van der Waals surface area contributed by atoms with E-state index in [0.717, 1.165) is 18.2 Å². The Hall–Kier alpha value is -1.36. The molecule has 0 amide bonds. The van der Waals surface area contributed by atoms with Gasteiger partial charge < -0.3 is 10.8 Å². The average Bonchev–Trinajstić information content (AvgIpc) is 2.32. The monoisotopic (exact) mass is 304 g/mol. The van der Waals surface area contributed by atoms with Crippen molar-refractivity contribution in [2.75, 3.05) is 6.54 Å². The highest BCUT2D eigenvalue weighted by atomic mass is 35.5. The Labute approximate surface area is 123 Å². The van der Waals surface area contributed by atoms with Crippen molar-refractivity contribution in [1.29, 1.82) is 0 Å². The molecule has 0 aliphatic rings. The number of nitrogens with zero attached hydrogens (tertiary/aromatic N) is 1. The molecule has 0 atom stereocenters. The second-order valence-electron chi connectivity index (χ2n) is 3.78. The van der Waals surface area contributed by atoms with Gasteiger partial charge in [-0.1, -0.05) is 6.07 Å². The number of phenols is 1. The summed E-state index contributed by atoms with van der Waals surface area (Å²) >= 11 is 0. The van der Waals surface area contributed by atoms with Gasteiger partial charge in [0.2, 0.25) is 0 Å². The van der Waals surface area contributed by atoms with E-state index in [2.05, 4.69) is 4.98 Å². The summed E-state index contributed by atoms with van der Waals surface area (Å²) in [5.41, 5.74) is 7.61. The minimum absolute atomic E-state index is 0. The Kier molecular flexibility index (Phi) is 7.37. The molecule has 0 aliphatic carbocycles. The van der Waals surface area contributed by atoms with Gasteiger partial charge in [0.1, 0.15) is 11.6 Å². The molecule has 0 bridgehead atoms. The largest absolute Gasteiger partial charge is 0.507 e. The van der Waals surface area contributed by atoms with Gasteiger partial charge in [0, 0.05) is 17.3 Å². The third kappa shape index (κ3) is 4.35. The van der Waals surface area contributed by atoms with E-state index < -0.39 is 5.82 Å². The second-order valence-corrected chi connectivity index (χ2v) is 3.78. The Morgan fingerprint density at radius 2 is 1.89 bits per heavy atom. The quantitative estimate of drug-likeness (QED) is 0.916. The topological polar surface area (TPSA) is 59.1 Å². The molecule has 0 unspecified atom stereocenters. The summed E-state index contributed by atoms with van der Waals surface area (Å²) in [5, 5.41) is 9.77. The summed E-state index contributed by atoms with van der Waals surface area (Å²) in [6.45, 7) is 0.533. The molecular weight excluding hydrogens is 290 g/mol. The molecule has 1 aromatic heterocycles. The summed E-state index contributed by atoms with van der Waals surface area (Å²) < 4.78 is 13.1. The second kappa shape index (κ2) is 7.94. The fraction of sp³-hybridized carbons (Fsp3) is 0.154. The van der Waals surface area contributed by atoms with Crippen LogP contribution in [-0.2, 0) is 6.42 Å². The summed E-state index contributed by atoms with van der Waals surface area (Å²) in [4.78, 5) is 3.77. The fourth-order valence-electron chi connectivity index (χ4n) is 1.70. The van der Waals surface area contributed by atoms with Crippen LogP contribution in [0.3, 0.4) is 0 Å². The number of aromatic nitrogens is 1. The molecular formula is C13H15Cl2FN2O. The third-order valence-electron chi connectivity index (χ3n) is 2.51. The van der Waals surface area contributed by atoms with Crippen LogP contribution in [0.15, 0.2) is 36.7 Å². The summed E-state index contributed by atoms with van der Waals surface area (Å²) in [5.74, 6) is -0.315. The van der Waals surface area contributed by atoms with Crippen LogP contribution in [0, 0.1) is 5.82 Å². The molecule has 0 saturated carbocycles. The van der Waals surface area contributed by atoms with Gasteiger partial charge in [-0.3, -0.25) is 4.98 Å². The summed E-state index contributed by atoms with van der Waals surface area (Å²) in [7, 11) is 0. The number of hydrogen-bond acceptors (Lipinski definition) is 3. The van der Waals surface area contributed by atoms with E-state index in [1.165, 1.54) is 12.3 Å². The first-order valence-electron chi connectivity index (χ1n) is 5.33. The van der Waals surface area contributed by atoms with Gasteiger partial charge in [0.15, 0.2) is 0 Å². The molecule has 1 heterocycles. The first-order chi connectivity index (χ1) is 8.20. The van der Waals surface area contributed by atoms with Gasteiger partial charge >= 0.3 is 0 Å². The molecule has 6 heteroatoms. The zero-order valence-corrected chi connectivity index (χ0v) is 11.7. The Morgan fingerprint density at radius 1 is 1.16 bits per heavy atom. The molecule has 0 saturated heterocycles. The van der Waals surface area contributed by atoms with E-state index in [0.29, 0.717) is 17.7 Å². The molecule has 3 nitrogen and oxygen atoms in total. The standard InChI is InChI=1S/C13H13FN2O.2ClH/c14-11-6-10(7-16-8-11)12-5-9(3-4-15)1-2-13(12)17;;/h1-2,5-8,17H,3-4,15H2;2*1H. The smallest absolute Gasteiger partial charge is 0.142 e. The van der Waals surface area contributed by atoms with Gasteiger partial charge in [-0.15, -0.1) is 24.8 Å². The van der Waals surface area contributed by atoms with Crippen molar-refractivity contribution >= 4 is 24.8 Å². The molecule has 104 valence electrons. The first kappa shape index (κ1) is 17.6. The van der Waals surface area contributed by atoms with Crippen molar-refractivity contribution < 1.29 is 9.50 Å². The van der Waals surface area contributed by atoms with Crippen molar-refractivity contribution in [3.63, 3.8) is 0 Å². The highest BCUT2D eigenvalue weighted by molar-refractivity contribution is 5.85. The summed E-state index contributed by atoms with van der Waals surface area (Å²) in [6.07, 6.45) is 3.37. The van der Waals surface area contributed by atoms with Crippen LogP contribution in [0.2, 0.25) is 0 Å². The van der Waals surface area contributed by atoms with Crippen molar-refractivity contribution in [1.82, 2.24) is 4.98 Å². The lowest BCUT2D eigenvalue weighted by molar-refractivity contribution is 0.477. The van der Waals surface area contributed by atoms with Crippen LogP contribution >= 0.6 is 24.8 Å². The van der Waals surface area contributed by atoms with E-state index in [1.807, 2.05) is 0 Å². The number of hydrogen-bond donors (Lipinski definition) is 2. The molecule has 0 radical (unpaired) electrons. The van der Waals surface area contributed by atoms with Crippen LogP contribution < -0.4 is 5.73 Å². The molecule has 2 aromatic rings. The predicted octanol–water partition coefficient (Wildman–Crippen LogP) is 2.94. The van der Waals surface area contributed by atoms with E-state index in [1.54, 1.807) is 18.2 Å². The van der Waals surface area contributed by atoms with Crippen LogP contribution in [0.1, 0.15) is 5.56 Å². The number of benzene rings is 1. The van der Waals surface area contributed by atoms with Crippen molar-refractivity contribution in [3.8, 4) is 16.9 Å². The number of rotatable bonds is 3. The molecule has 1 aromatic carbocycles. The minimum atomic E-state index is -0.425. The lowest BCUT2D eigenvalue weighted by Gasteiger charge is -2.07. The lowest BCUT2D eigenvalue weighted by Crippen LogP contribution is -2.02. The van der Waals surface area contributed by atoms with E-state index in [-0.39, 0.29) is 30.6 Å². The average molecular weight is 305 g/mol. The molecule has 2 rings (SSSR count). The van der Waals surface area contributed by atoms with E-state index in [9.17, 15) is 9.50 Å². The highest BCUT2D eigenvalue weighted by Crippen LogP contribution is 2.29. The number of nitrogens with two attached hydrogens (primary N) is 1. The van der Waals surface area contributed by atoms with Crippen molar-refractivity contribution in [2.24, 2.45) is 5.73 Å². The van der Waals surface area contributed by atoms with E-state index >= 15 is 0 Å². The SMILES string of the molecule is Cl.Cl.NCCc1ccc(O)c(-c2cncc(F)c2)c1. The molecule has 19 heavy (non-hydrogen) atoms. The fourth-order valence-corrected chi connectivity index (χ4v) is 1.70. The predicted molar refractivity (Wildman–Crippen MR) is 78.6 cm³/mol. The maximum Gasteiger partial charge on any atom is 0.142 e. The molecule has 0 fully saturated rings. The Morgan fingerprint density at radius 3 is 2.53 bits per heavy atom. The van der Waals surface area contributed by atoms with Crippen LogP contribution in [0.25, 0.3) is 11.1 Å². The van der Waals surface area contributed by atoms with Crippen molar-refractivity contribution in [2.45, 2.75) is 6.42 Å². The van der Waals surface area contributed by atoms with Crippen molar-refractivity contribution in [3.05, 3.63) is 48.0 Å². The van der Waals surface area contributed by atoms with Crippen LogP contribution in [0.4, 0.5) is 4.39 Å². The lowest BCUT2D eigenvalue weighted by atomic mass is 10.0. The Bertz CT molecular complexity index is 538. The Balaban J connectivity index is 0.00000162. The maximum absolute atomic E-state index is 13.1. The first-order valence-corrected chi connectivity index (χ1v) is 5.33. The third-order valence-corrected chi connectivity index (χ3v) is 2.51. The molecule has 0 aliphatic heterocycles. The van der Waals surface area contributed by atoms with Gasteiger partial charge in [-0.2, -0.15) is 0 Å². The maximum atomic E-state index is 13.1. The normalized spacial score (nSPS) is 9.37. The number of pyridine rings is 1. The van der Waals surface area contributed by atoms with Gasteiger partial charge in [0.05, 0.1) is 6.20 Å². The molecule has 0 spiro atoms.